The highest BCUT2D eigenvalue weighted by molar-refractivity contribution is 7.12. The zero-order valence-corrected chi connectivity index (χ0v) is 12.1. The Labute approximate surface area is 123 Å². The molecule has 0 aromatic carbocycles. The topological polar surface area (TPSA) is 78.1 Å². The van der Waals surface area contributed by atoms with Gasteiger partial charge in [-0.3, -0.25) is 14.7 Å². The third kappa shape index (κ3) is 2.19. The predicted octanol–water partition coefficient (Wildman–Crippen LogP) is 2.24. The molecule has 0 aliphatic carbocycles. The molecule has 0 saturated heterocycles. The molecule has 104 valence electrons. The van der Waals surface area contributed by atoms with E-state index in [1.807, 2.05) is 0 Å². The third-order valence-electron chi connectivity index (χ3n) is 3.15. The SMILES string of the molecule is CC(=O)N1Cc2[nH]nc(NC(=O)c3sccc3Cl)c2C1. The molecule has 6 nitrogen and oxygen atoms in total. The summed E-state index contributed by atoms with van der Waals surface area (Å²) in [7, 11) is 0. The zero-order chi connectivity index (χ0) is 14.3. The summed E-state index contributed by atoms with van der Waals surface area (Å²) in [6, 6.07) is 1.67. The minimum absolute atomic E-state index is 0.00632. The first-order valence-corrected chi connectivity index (χ1v) is 7.18. The van der Waals surface area contributed by atoms with E-state index < -0.39 is 0 Å². The van der Waals surface area contributed by atoms with E-state index in [0.29, 0.717) is 28.8 Å². The van der Waals surface area contributed by atoms with Gasteiger partial charge in [0.25, 0.3) is 5.91 Å². The summed E-state index contributed by atoms with van der Waals surface area (Å²) < 4.78 is 0. The number of nitrogens with zero attached hydrogens (tertiary/aromatic N) is 2. The monoisotopic (exact) mass is 310 g/mol. The number of aromatic nitrogens is 2. The third-order valence-corrected chi connectivity index (χ3v) is 4.49. The second-order valence-corrected chi connectivity index (χ2v) is 5.78. The molecule has 2 aromatic rings. The van der Waals surface area contributed by atoms with Gasteiger partial charge >= 0.3 is 0 Å². The number of hydrogen-bond acceptors (Lipinski definition) is 4. The van der Waals surface area contributed by atoms with Crippen LogP contribution in [0.15, 0.2) is 11.4 Å². The first kappa shape index (κ1) is 13.1. The summed E-state index contributed by atoms with van der Waals surface area (Å²) in [6.07, 6.45) is 0. The van der Waals surface area contributed by atoms with Crippen LogP contribution in [-0.4, -0.2) is 26.9 Å². The maximum absolute atomic E-state index is 12.1. The molecule has 0 spiro atoms. The first-order valence-electron chi connectivity index (χ1n) is 5.92. The largest absolute Gasteiger partial charge is 0.333 e. The molecule has 0 fully saturated rings. The van der Waals surface area contributed by atoms with Crippen LogP contribution in [0.4, 0.5) is 5.82 Å². The zero-order valence-electron chi connectivity index (χ0n) is 10.6. The number of H-pyrrole nitrogens is 1. The lowest BCUT2D eigenvalue weighted by atomic mass is 10.3. The average molecular weight is 311 g/mol. The van der Waals surface area contributed by atoms with Gasteiger partial charge in [-0.1, -0.05) is 11.6 Å². The number of anilines is 1. The Balaban J connectivity index is 1.80. The highest BCUT2D eigenvalue weighted by Crippen LogP contribution is 2.28. The lowest BCUT2D eigenvalue weighted by molar-refractivity contribution is -0.129. The second-order valence-electron chi connectivity index (χ2n) is 4.46. The molecule has 0 bridgehead atoms. The van der Waals surface area contributed by atoms with Crippen molar-refractivity contribution < 1.29 is 9.59 Å². The molecule has 1 aliphatic heterocycles. The molecule has 1 aliphatic rings. The summed E-state index contributed by atoms with van der Waals surface area (Å²) in [5, 5.41) is 11.8. The summed E-state index contributed by atoms with van der Waals surface area (Å²) in [4.78, 5) is 25.6. The quantitative estimate of drug-likeness (QED) is 0.893. The second kappa shape index (κ2) is 4.92. The van der Waals surface area contributed by atoms with Crippen molar-refractivity contribution in [3.05, 3.63) is 32.6 Å². The number of halogens is 1. The molecule has 0 atom stereocenters. The minimum atomic E-state index is -0.291. The molecule has 0 radical (unpaired) electrons. The lowest BCUT2D eigenvalue weighted by Crippen LogP contribution is -2.22. The maximum atomic E-state index is 12.1. The van der Waals surface area contributed by atoms with Gasteiger partial charge in [-0.15, -0.1) is 11.3 Å². The van der Waals surface area contributed by atoms with Crippen molar-refractivity contribution in [1.29, 1.82) is 0 Å². The fraction of sp³-hybridized carbons (Fsp3) is 0.250. The van der Waals surface area contributed by atoms with E-state index >= 15 is 0 Å². The number of amides is 2. The number of thiophene rings is 1. The van der Waals surface area contributed by atoms with Gasteiger partial charge in [0.2, 0.25) is 5.91 Å². The fourth-order valence-corrected chi connectivity index (χ4v) is 3.12. The molecule has 3 rings (SSSR count). The number of aromatic amines is 1. The van der Waals surface area contributed by atoms with Crippen LogP contribution in [0.3, 0.4) is 0 Å². The number of carbonyl (C=O) groups is 2. The van der Waals surface area contributed by atoms with Crippen LogP contribution in [0.1, 0.15) is 27.9 Å². The smallest absolute Gasteiger partial charge is 0.268 e. The molecule has 2 N–H and O–H groups in total. The maximum Gasteiger partial charge on any atom is 0.268 e. The minimum Gasteiger partial charge on any atom is -0.333 e. The Kier molecular flexibility index (Phi) is 3.23. The van der Waals surface area contributed by atoms with Crippen LogP contribution in [0.25, 0.3) is 0 Å². The average Bonchev–Trinajstić information content (AvgIpc) is 3.05. The van der Waals surface area contributed by atoms with Crippen molar-refractivity contribution in [3.63, 3.8) is 0 Å². The molecule has 3 heterocycles. The molecular formula is C12H11ClN4O2S. The van der Waals surface area contributed by atoms with Crippen molar-refractivity contribution in [3.8, 4) is 0 Å². The molecule has 20 heavy (non-hydrogen) atoms. The van der Waals surface area contributed by atoms with Crippen molar-refractivity contribution in [1.82, 2.24) is 15.1 Å². The Morgan fingerprint density at radius 3 is 2.95 bits per heavy atom. The molecule has 2 amide bonds. The van der Waals surface area contributed by atoms with E-state index in [-0.39, 0.29) is 11.8 Å². The predicted molar refractivity (Wildman–Crippen MR) is 75.8 cm³/mol. The van der Waals surface area contributed by atoms with Crippen molar-refractivity contribution in [2.75, 3.05) is 5.32 Å². The first-order chi connectivity index (χ1) is 9.56. The Hall–Kier alpha value is -1.86. The van der Waals surface area contributed by atoms with Crippen LogP contribution in [0, 0.1) is 0 Å². The summed E-state index contributed by atoms with van der Waals surface area (Å²) >= 11 is 7.20. The van der Waals surface area contributed by atoms with Crippen LogP contribution >= 0.6 is 22.9 Å². The Bertz CT molecular complexity index is 693. The van der Waals surface area contributed by atoms with Gasteiger partial charge in [0.1, 0.15) is 4.88 Å². The normalized spacial score (nSPS) is 13.4. The van der Waals surface area contributed by atoms with E-state index in [2.05, 4.69) is 15.5 Å². The van der Waals surface area contributed by atoms with Gasteiger partial charge in [-0.25, -0.2) is 0 Å². The van der Waals surface area contributed by atoms with Gasteiger partial charge in [-0.05, 0) is 11.4 Å². The number of hydrogen-bond donors (Lipinski definition) is 2. The number of rotatable bonds is 2. The number of nitrogens with one attached hydrogen (secondary N) is 2. The van der Waals surface area contributed by atoms with Gasteiger partial charge in [-0.2, -0.15) is 5.10 Å². The van der Waals surface area contributed by atoms with Gasteiger partial charge in [0.05, 0.1) is 23.8 Å². The number of carbonyl (C=O) groups excluding carboxylic acids is 2. The highest BCUT2D eigenvalue weighted by Gasteiger charge is 2.27. The standard InChI is InChI=1S/C12H11ClN4O2S/c1-6(18)17-4-7-9(5-17)15-16-11(7)14-12(19)10-8(13)2-3-20-10/h2-3H,4-5H2,1H3,(H2,14,15,16,19). The molecule has 0 saturated carbocycles. The van der Waals surface area contributed by atoms with Gasteiger partial charge in [0, 0.05) is 12.5 Å². The van der Waals surface area contributed by atoms with Crippen LogP contribution in [0.5, 0.6) is 0 Å². The molecule has 2 aromatic heterocycles. The van der Waals surface area contributed by atoms with Gasteiger partial charge in [0.15, 0.2) is 5.82 Å². The summed E-state index contributed by atoms with van der Waals surface area (Å²) in [5.41, 5.74) is 1.70. The fourth-order valence-electron chi connectivity index (χ4n) is 2.09. The van der Waals surface area contributed by atoms with Crippen LogP contribution < -0.4 is 5.32 Å². The van der Waals surface area contributed by atoms with E-state index in [0.717, 1.165) is 11.3 Å². The van der Waals surface area contributed by atoms with E-state index in [1.165, 1.54) is 18.3 Å². The number of fused-ring (bicyclic) bond motifs is 1. The molecule has 0 unspecified atom stereocenters. The Morgan fingerprint density at radius 1 is 1.50 bits per heavy atom. The highest BCUT2D eigenvalue weighted by atomic mass is 35.5. The van der Waals surface area contributed by atoms with E-state index in [9.17, 15) is 9.59 Å². The van der Waals surface area contributed by atoms with Gasteiger partial charge < -0.3 is 10.2 Å². The van der Waals surface area contributed by atoms with Crippen molar-refractivity contribution in [2.24, 2.45) is 0 Å². The summed E-state index contributed by atoms with van der Waals surface area (Å²) in [5.74, 6) is 0.159. The lowest BCUT2D eigenvalue weighted by Gasteiger charge is -2.12. The van der Waals surface area contributed by atoms with Crippen molar-refractivity contribution in [2.45, 2.75) is 20.0 Å². The van der Waals surface area contributed by atoms with E-state index in [4.69, 9.17) is 11.6 Å². The van der Waals surface area contributed by atoms with Crippen LogP contribution in [0.2, 0.25) is 5.02 Å². The molecule has 8 heteroatoms. The Morgan fingerprint density at radius 2 is 2.30 bits per heavy atom. The van der Waals surface area contributed by atoms with Crippen molar-refractivity contribution >= 4 is 40.6 Å². The molecular weight excluding hydrogens is 300 g/mol. The van der Waals surface area contributed by atoms with E-state index in [1.54, 1.807) is 16.3 Å². The van der Waals surface area contributed by atoms with Crippen LogP contribution in [-0.2, 0) is 17.9 Å². The summed E-state index contributed by atoms with van der Waals surface area (Å²) in [6.45, 7) is 2.46.